The van der Waals surface area contributed by atoms with Crippen molar-refractivity contribution in [2.45, 2.75) is 27.3 Å². The molecule has 0 saturated carbocycles. The zero-order valence-corrected chi connectivity index (χ0v) is 13.7. The Kier molecular flexibility index (Phi) is 3.94. The molecule has 0 fully saturated rings. The van der Waals surface area contributed by atoms with Gasteiger partial charge in [-0.2, -0.15) is 4.57 Å². The second kappa shape index (κ2) is 5.89. The predicted octanol–water partition coefficient (Wildman–Crippen LogP) is 3.78. The fourth-order valence-electron chi connectivity index (χ4n) is 2.60. The highest BCUT2D eigenvalue weighted by Crippen LogP contribution is 2.25. The average Bonchev–Trinajstić information content (AvgIpc) is 2.75. The number of carbonyl (C=O) groups is 1. The van der Waals surface area contributed by atoms with Crippen LogP contribution < -0.4 is 9.30 Å². The van der Waals surface area contributed by atoms with Gasteiger partial charge in [-0.25, -0.2) is 0 Å². The molecule has 0 N–H and O–H groups in total. The van der Waals surface area contributed by atoms with Crippen molar-refractivity contribution in [2.75, 3.05) is 0 Å². The van der Waals surface area contributed by atoms with E-state index < -0.39 is 0 Å². The Morgan fingerprint density at radius 2 is 2.00 bits per heavy atom. The van der Waals surface area contributed by atoms with Crippen LogP contribution in [0.3, 0.4) is 0 Å². The van der Waals surface area contributed by atoms with E-state index in [1.807, 2.05) is 18.2 Å². The van der Waals surface area contributed by atoms with Crippen molar-refractivity contribution in [3.8, 4) is 5.75 Å². The van der Waals surface area contributed by atoms with Gasteiger partial charge in [-0.1, -0.05) is 35.1 Å². The number of fused-ring (bicyclic) bond motifs is 1. The number of ether oxygens (including phenoxy) is 1. The van der Waals surface area contributed by atoms with Crippen LogP contribution >= 0.6 is 11.3 Å². The monoisotopic (exact) mass is 312 g/mol. The molecule has 0 aliphatic heterocycles. The largest absolute Gasteiger partial charge is 0.426 e. The predicted molar refractivity (Wildman–Crippen MR) is 88.3 cm³/mol. The fraction of sp³-hybridized carbons (Fsp3) is 0.222. The van der Waals surface area contributed by atoms with Crippen molar-refractivity contribution < 1.29 is 14.1 Å². The first-order valence-electron chi connectivity index (χ1n) is 7.20. The maximum absolute atomic E-state index is 11.1. The molecule has 1 aromatic heterocycles. The van der Waals surface area contributed by atoms with Crippen molar-refractivity contribution in [2.24, 2.45) is 0 Å². The molecule has 0 aliphatic carbocycles. The van der Waals surface area contributed by atoms with Crippen molar-refractivity contribution in [3.63, 3.8) is 0 Å². The first kappa shape index (κ1) is 14.7. The van der Waals surface area contributed by atoms with Crippen LogP contribution in [-0.2, 0) is 11.3 Å². The standard InChI is InChI=1S/C18H18NO2S/c1-12-5-4-6-15(9-12)11-19-13(2)22-18-8-7-16(10-17(18)19)21-14(3)20/h4-10H,11H2,1-3H3/q+1. The topological polar surface area (TPSA) is 30.2 Å². The van der Waals surface area contributed by atoms with Gasteiger partial charge in [0.05, 0.1) is 6.07 Å². The molecule has 0 saturated heterocycles. The molecular formula is C18H18NO2S+. The van der Waals surface area contributed by atoms with Gasteiger partial charge in [0, 0.05) is 19.4 Å². The third kappa shape index (κ3) is 3.02. The second-order valence-corrected chi connectivity index (χ2v) is 6.65. The highest BCUT2D eigenvalue weighted by molar-refractivity contribution is 7.18. The van der Waals surface area contributed by atoms with Gasteiger partial charge in [-0.3, -0.25) is 4.79 Å². The van der Waals surface area contributed by atoms with E-state index in [1.54, 1.807) is 11.3 Å². The lowest BCUT2D eigenvalue weighted by atomic mass is 10.1. The highest BCUT2D eigenvalue weighted by Gasteiger charge is 2.18. The fourth-order valence-corrected chi connectivity index (χ4v) is 3.60. The summed E-state index contributed by atoms with van der Waals surface area (Å²) in [7, 11) is 0. The lowest BCUT2D eigenvalue weighted by molar-refractivity contribution is -0.664. The smallest absolute Gasteiger partial charge is 0.308 e. The molecule has 0 atom stereocenters. The molecule has 0 spiro atoms. The summed E-state index contributed by atoms with van der Waals surface area (Å²) in [5, 5.41) is 1.23. The zero-order chi connectivity index (χ0) is 15.7. The number of hydrogen-bond donors (Lipinski definition) is 0. The lowest BCUT2D eigenvalue weighted by Gasteiger charge is -2.02. The molecule has 0 bridgehead atoms. The zero-order valence-electron chi connectivity index (χ0n) is 12.9. The molecule has 3 aromatic rings. The Bertz CT molecular complexity index is 851. The van der Waals surface area contributed by atoms with E-state index in [9.17, 15) is 4.79 Å². The van der Waals surface area contributed by atoms with E-state index in [1.165, 1.54) is 27.8 Å². The number of benzene rings is 2. The van der Waals surface area contributed by atoms with Crippen LogP contribution in [0, 0.1) is 13.8 Å². The maximum Gasteiger partial charge on any atom is 0.308 e. The second-order valence-electron chi connectivity index (χ2n) is 5.42. The van der Waals surface area contributed by atoms with Gasteiger partial charge in [0.25, 0.3) is 0 Å². The quantitative estimate of drug-likeness (QED) is 0.418. The van der Waals surface area contributed by atoms with Gasteiger partial charge in [-0.05, 0) is 25.1 Å². The van der Waals surface area contributed by atoms with Crippen LogP contribution in [0.2, 0.25) is 0 Å². The molecule has 0 radical (unpaired) electrons. The summed E-state index contributed by atoms with van der Waals surface area (Å²) in [5.41, 5.74) is 3.63. The number of thiazole rings is 1. The van der Waals surface area contributed by atoms with Crippen molar-refractivity contribution in [1.82, 2.24) is 0 Å². The van der Waals surface area contributed by atoms with Crippen molar-refractivity contribution in [1.29, 1.82) is 0 Å². The number of esters is 1. The minimum atomic E-state index is -0.295. The van der Waals surface area contributed by atoms with Gasteiger partial charge < -0.3 is 4.74 Å². The van der Waals surface area contributed by atoms with Gasteiger partial charge >= 0.3 is 5.97 Å². The molecule has 0 amide bonds. The normalized spacial score (nSPS) is 10.9. The molecule has 4 heteroatoms. The molecule has 3 rings (SSSR count). The molecule has 1 heterocycles. The Balaban J connectivity index is 2.03. The number of nitrogens with zero attached hydrogens (tertiary/aromatic N) is 1. The Labute approximate surface area is 133 Å². The van der Waals surface area contributed by atoms with Gasteiger partial charge in [0.15, 0.2) is 6.54 Å². The van der Waals surface area contributed by atoms with E-state index in [0.717, 1.165) is 12.1 Å². The number of aryl methyl sites for hydroxylation is 2. The van der Waals surface area contributed by atoms with Crippen LogP contribution in [0.25, 0.3) is 10.2 Å². The van der Waals surface area contributed by atoms with E-state index in [-0.39, 0.29) is 5.97 Å². The van der Waals surface area contributed by atoms with Crippen LogP contribution in [0.4, 0.5) is 0 Å². The molecular weight excluding hydrogens is 294 g/mol. The van der Waals surface area contributed by atoms with Crippen molar-refractivity contribution >= 4 is 27.5 Å². The van der Waals surface area contributed by atoms with Crippen LogP contribution in [0.15, 0.2) is 42.5 Å². The number of hydrogen-bond acceptors (Lipinski definition) is 3. The maximum atomic E-state index is 11.1. The van der Waals surface area contributed by atoms with Crippen LogP contribution in [-0.4, -0.2) is 5.97 Å². The van der Waals surface area contributed by atoms with E-state index in [2.05, 4.69) is 42.7 Å². The minimum absolute atomic E-state index is 0.295. The Morgan fingerprint density at radius 3 is 2.73 bits per heavy atom. The summed E-state index contributed by atoms with van der Waals surface area (Å²) < 4.78 is 8.67. The van der Waals surface area contributed by atoms with Crippen molar-refractivity contribution in [3.05, 3.63) is 58.6 Å². The Hall–Kier alpha value is -2.20. The SMILES string of the molecule is CC(=O)Oc1ccc2sc(C)[n+](Cc3cccc(C)c3)c2c1. The summed E-state index contributed by atoms with van der Waals surface area (Å²) in [6.07, 6.45) is 0. The lowest BCUT2D eigenvalue weighted by Crippen LogP contribution is -2.35. The van der Waals surface area contributed by atoms with Gasteiger partial charge in [0.2, 0.25) is 10.5 Å². The molecule has 0 unspecified atom stereocenters. The first-order chi connectivity index (χ1) is 10.5. The average molecular weight is 312 g/mol. The molecule has 22 heavy (non-hydrogen) atoms. The van der Waals surface area contributed by atoms with E-state index in [4.69, 9.17) is 4.74 Å². The van der Waals surface area contributed by atoms with Crippen LogP contribution in [0.1, 0.15) is 23.1 Å². The van der Waals surface area contributed by atoms with E-state index >= 15 is 0 Å². The Morgan fingerprint density at radius 1 is 1.18 bits per heavy atom. The number of carbonyl (C=O) groups excluding carboxylic acids is 1. The summed E-state index contributed by atoms with van der Waals surface area (Å²) >= 11 is 1.75. The molecule has 2 aromatic carbocycles. The summed E-state index contributed by atoms with van der Waals surface area (Å²) in [4.78, 5) is 11.1. The minimum Gasteiger partial charge on any atom is -0.426 e. The summed E-state index contributed by atoms with van der Waals surface area (Å²) in [6.45, 7) is 6.46. The molecule has 3 nitrogen and oxygen atoms in total. The number of rotatable bonds is 3. The third-order valence-electron chi connectivity index (χ3n) is 3.54. The van der Waals surface area contributed by atoms with Gasteiger partial charge in [-0.15, -0.1) is 0 Å². The molecule has 112 valence electrons. The third-order valence-corrected chi connectivity index (χ3v) is 4.62. The van der Waals surface area contributed by atoms with E-state index in [0.29, 0.717) is 5.75 Å². The molecule has 0 aliphatic rings. The summed E-state index contributed by atoms with van der Waals surface area (Å²) in [6, 6.07) is 14.3. The van der Waals surface area contributed by atoms with Crippen LogP contribution in [0.5, 0.6) is 5.75 Å². The number of aromatic nitrogens is 1. The van der Waals surface area contributed by atoms with Gasteiger partial charge in [0.1, 0.15) is 10.4 Å². The first-order valence-corrected chi connectivity index (χ1v) is 8.01. The highest BCUT2D eigenvalue weighted by atomic mass is 32.1. The summed E-state index contributed by atoms with van der Waals surface area (Å²) in [5.74, 6) is 0.298.